The summed E-state index contributed by atoms with van der Waals surface area (Å²) in [7, 11) is 0.289. The van der Waals surface area contributed by atoms with Crippen LogP contribution in [-0.4, -0.2) is 70.4 Å². The molecule has 1 aliphatic rings. The number of halogens is 1. The Balaban J connectivity index is 0.00000676. The van der Waals surface area contributed by atoms with Crippen LogP contribution in [0, 0.1) is 5.41 Å². The molecule has 0 radical (unpaired) electrons. The molecule has 0 heterocycles. The second-order valence-electron chi connectivity index (χ2n) is 6.89. The molecule has 2 unspecified atom stereocenters. The Hall–Kier alpha value is -0.130. The number of sulfonamides is 1. The molecule has 1 saturated carbocycles. The first-order valence-electron chi connectivity index (χ1n) is 9.83. The summed E-state index contributed by atoms with van der Waals surface area (Å²) < 4.78 is 30.9. The van der Waals surface area contributed by atoms with Crippen LogP contribution in [0.1, 0.15) is 53.4 Å². The third-order valence-corrected chi connectivity index (χ3v) is 7.65. The van der Waals surface area contributed by atoms with Crippen molar-refractivity contribution in [3.05, 3.63) is 0 Å². The Labute approximate surface area is 183 Å². The molecule has 7 nitrogen and oxygen atoms in total. The summed E-state index contributed by atoms with van der Waals surface area (Å²) in [6.07, 6.45) is 4.18. The van der Waals surface area contributed by atoms with E-state index in [1.54, 1.807) is 21.0 Å². The van der Waals surface area contributed by atoms with Crippen LogP contribution in [0.5, 0.6) is 0 Å². The van der Waals surface area contributed by atoms with Crippen LogP contribution in [0.25, 0.3) is 0 Å². The Morgan fingerprint density at radius 2 is 1.89 bits per heavy atom. The number of nitrogens with one attached hydrogen (secondary N) is 2. The highest BCUT2D eigenvalue weighted by molar-refractivity contribution is 14.0. The van der Waals surface area contributed by atoms with Gasteiger partial charge in [0, 0.05) is 45.2 Å². The van der Waals surface area contributed by atoms with Gasteiger partial charge in [-0.3, -0.25) is 4.99 Å². The summed E-state index contributed by atoms with van der Waals surface area (Å²) >= 11 is 0. The molecule has 1 aliphatic carbocycles. The lowest BCUT2D eigenvalue weighted by atomic mass is 9.58. The molecule has 0 saturated heterocycles. The molecule has 0 aliphatic heterocycles. The van der Waals surface area contributed by atoms with Crippen LogP contribution in [0.3, 0.4) is 0 Å². The minimum Gasteiger partial charge on any atom is -0.378 e. The Morgan fingerprint density at radius 1 is 1.26 bits per heavy atom. The zero-order chi connectivity index (χ0) is 19.8. The van der Waals surface area contributed by atoms with E-state index in [-0.39, 0.29) is 35.1 Å². The zero-order valence-electron chi connectivity index (χ0n) is 17.7. The molecule has 1 fully saturated rings. The van der Waals surface area contributed by atoms with Crippen molar-refractivity contribution in [3.63, 3.8) is 0 Å². The van der Waals surface area contributed by atoms with Crippen LogP contribution < -0.4 is 10.6 Å². The molecule has 27 heavy (non-hydrogen) atoms. The van der Waals surface area contributed by atoms with Crippen molar-refractivity contribution in [2.24, 2.45) is 10.4 Å². The minimum absolute atomic E-state index is 0. The van der Waals surface area contributed by atoms with Crippen LogP contribution in [0.15, 0.2) is 4.99 Å². The zero-order valence-corrected chi connectivity index (χ0v) is 20.9. The van der Waals surface area contributed by atoms with E-state index in [2.05, 4.69) is 29.5 Å². The number of rotatable bonds is 11. The molecule has 9 heteroatoms. The molecule has 0 aromatic heterocycles. The van der Waals surface area contributed by atoms with Crippen molar-refractivity contribution < 1.29 is 13.2 Å². The SMILES string of the molecule is CCOC1CC(NC(=NC)NCCCN(C)S(=O)(=O)CC)C1(CC)CC.I. The normalized spacial score (nSPS) is 22.1. The predicted octanol–water partition coefficient (Wildman–Crippen LogP) is 2.42. The van der Waals surface area contributed by atoms with Crippen LogP contribution in [-0.2, 0) is 14.8 Å². The number of nitrogens with zero attached hydrogens (tertiary/aromatic N) is 2. The summed E-state index contributed by atoms with van der Waals surface area (Å²) in [6, 6.07) is 0.350. The standard InChI is InChI=1S/C18H38N4O3S.HI/c1-7-18(8-2)15(14-16(18)25-9-3)21-17(19-5)20-12-11-13-22(6)26(23,24)10-4;/h15-16H,7-14H2,1-6H3,(H2,19,20,21);1H. The van der Waals surface area contributed by atoms with Gasteiger partial charge in [-0.05, 0) is 39.5 Å². The Morgan fingerprint density at radius 3 is 2.37 bits per heavy atom. The molecule has 0 bridgehead atoms. The fraction of sp³-hybridized carbons (Fsp3) is 0.944. The third-order valence-electron chi connectivity index (χ3n) is 5.79. The van der Waals surface area contributed by atoms with E-state index < -0.39 is 10.0 Å². The van der Waals surface area contributed by atoms with Crippen molar-refractivity contribution in [2.45, 2.75) is 65.5 Å². The number of guanidine groups is 1. The molecule has 0 aromatic rings. The molecular weight excluding hydrogens is 479 g/mol. The van der Waals surface area contributed by atoms with Gasteiger partial charge in [0.2, 0.25) is 10.0 Å². The van der Waals surface area contributed by atoms with Crippen molar-refractivity contribution in [1.29, 1.82) is 0 Å². The smallest absolute Gasteiger partial charge is 0.213 e. The van der Waals surface area contributed by atoms with Gasteiger partial charge >= 0.3 is 0 Å². The molecule has 162 valence electrons. The quantitative estimate of drug-likeness (QED) is 0.190. The van der Waals surface area contributed by atoms with Gasteiger partial charge in [-0.2, -0.15) is 0 Å². The second-order valence-corrected chi connectivity index (χ2v) is 9.26. The molecule has 1 rings (SSSR count). The maximum atomic E-state index is 11.8. The van der Waals surface area contributed by atoms with E-state index in [0.717, 1.165) is 38.2 Å². The van der Waals surface area contributed by atoms with E-state index >= 15 is 0 Å². The Kier molecular flexibility index (Phi) is 12.4. The van der Waals surface area contributed by atoms with Crippen LogP contribution in [0.4, 0.5) is 0 Å². The van der Waals surface area contributed by atoms with Crippen LogP contribution in [0.2, 0.25) is 0 Å². The summed E-state index contributed by atoms with van der Waals surface area (Å²) in [6.45, 7) is 10.1. The Bertz CT molecular complexity index is 553. The topological polar surface area (TPSA) is 83.0 Å². The molecular formula is C18H39IN4O3S. The second kappa shape index (κ2) is 12.4. The highest BCUT2D eigenvalue weighted by atomic mass is 127. The van der Waals surface area contributed by atoms with Crippen molar-refractivity contribution in [3.8, 4) is 0 Å². The highest BCUT2D eigenvalue weighted by Crippen LogP contribution is 2.48. The number of hydrogen-bond donors (Lipinski definition) is 2. The minimum atomic E-state index is -3.11. The van der Waals surface area contributed by atoms with Gasteiger partial charge in [-0.25, -0.2) is 12.7 Å². The van der Waals surface area contributed by atoms with Crippen molar-refractivity contribution in [1.82, 2.24) is 14.9 Å². The maximum Gasteiger partial charge on any atom is 0.213 e. The number of aliphatic imine (C=N–C) groups is 1. The lowest BCUT2D eigenvalue weighted by Crippen LogP contribution is -2.65. The van der Waals surface area contributed by atoms with E-state index in [9.17, 15) is 8.42 Å². The molecule has 0 aromatic carbocycles. The van der Waals surface area contributed by atoms with Gasteiger partial charge in [-0.1, -0.05) is 13.8 Å². The molecule has 0 spiro atoms. The monoisotopic (exact) mass is 518 g/mol. The number of ether oxygens (including phenoxy) is 1. The average molecular weight is 519 g/mol. The average Bonchev–Trinajstić information content (AvgIpc) is 2.63. The van der Waals surface area contributed by atoms with E-state index in [1.165, 1.54) is 4.31 Å². The summed E-state index contributed by atoms with van der Waals surface area (Å²) in [5, 5.41) is 6.84. The molecule has 2 N–H and O–H groups in total. The lowest BCUT2D eigenvalue weighted by molar-refractivity contribution is -0.133. The maximum absolute atomic E-state index is 11.8. The summed E-state index contributed by atoms with van der Waals surface area (Å²) in [4.78, 5) is 4.32. The fourth-order valence-electron chi connectivity index (χ4n) is 3.81. The summed E-state index contributed by atoms with van der Waals surface area (Å²) in [5.74, 6) is 0.913. The van der Waals surface area contributed by atoms with Gasteiger partial charge < -0.3 is 15.4 Å². The highest BCUT2D eigenvalue weighted by Gasteiger charge is 2.53. The molecule has 0 amide bonds. The van der Waals surface area contributed by atoms with Crippen LogP contribution >= 0.6 is 24.0 Å². The largest absolute Gasteiger partial charge is 0.378 e. The first-order valence-corrected chi connectivity index (χ1v) is 11.4. The molecule has 2 atom stereocenters. The third kappa shape index (κ3) is 6.71. The van der Waals surface area contributed by atoms with Crippen molar-refractivity contribution >= 4 is 40.0 Å². The lowest BCUT2D eigenvalue weighted by Gasteiger charge is -2.55. The van der Waals surface area contributed by atoms with E-state index in [1.807, 2.05) is 6.92 Å². The number of hydrogen-bond acceptors (Lipinski definition) is 4. The first-order chi connectivity index (χ1) is 12.3. The van der Waals surface area contributed by atoms with Crippen molar-refractivity contribution in [2.75, 3.05) is 39.5 Å². The first kappa shape index (κ1) is 26.9. The van der Waals surface area contributed by atoms with Gasteiger partial charge in [0.25, 0.3) is 0 Å². The van der Waals surface area contributed by atoms with Gasteiger partial charge in [-0.15, -0.1) is 24.0 Å². The predicted molar refractivity (Wildman–Crippen MR) is 123 cm³/mol. The van der Waals surface area contributed by atoms with Gasteiger partial charge in [0.1, 0.15) is 0 Å². The van der Waals surface area contributed by atoms with Gasteiger partial charge in [0.15, 0.2) is 5.96 Å². The van der Waals surface area contributed by atoms with Gasteiger partial charge in [0.05, 0.1) is 11.9 Å². The van der Waals surface area contributed by atoms with E-state index in [0.29, 0.717) is 25.2 Å². The summed E-state index contributed by atoms with van der Waals surface area (Å²) in [5.41, 5.74) is 0.156. The van der Waals surface area contributed by atoms with E-state index in [4.69, 9.17) is 4.74 Å². The fourth-order valence-corrected chi connectivity index (χ4v) is 4.66.